The number of fused-ring (bicyclic) bond motifs is 3. The molecule has 0 N–H and O–H groups in total. The van der Waals surface area contributed by atoms with Crippen molar-refractivity contribution in [3.8, 4) is 10.8 Å². The quantitative estimate of drug-likeness (QED) is 0.449. The SMILES string of the molecule is CCc1cc2c(s1)-n1c(C)nnc1N(Cc1ccc(OC)cc1)N=C2c1ccccc1. The van der Waals surface area contributed by atoms with E-state index in [0.717, 1.165) is 51.3 Å². The van der Waals surface area contributed by atoms with E-state index in [-0.39, 0.29) is 0 Å². The van der Waals surface area contributed by atoms with Gasteiger partial charge in [-0.25, -0.2) is 5.01 Å². The van der Waals surface area contributed by atoms with Crippen molar-refractivity contribution in [2.24, 2.45) is 5.10 Å². The predicted molar refractivity (Wildman–Crippen MR) is 125 cm³/mol. The van der Waals surface area contributed by atoms with Crippen LogP contribution in [-0.4, -0.2) is 27.6 Å². The van der Waals surface area contributed by atoms with Crippen molar-refractivity contribution < 1.29 is 4.74 Å². The Balaban J connectivity index is 1.68. The maximum Gasteiger partial charge on any atom is 0.253 e. The third kappa shape index (κ3) is 3.51. The summed E-state index contributed by atoms with van der Waals surface area (Å²) in [5.41, 5.74) is 4.27. The zero-order valence-corrected chi connectivity index (χ0v) is 18.6. The molecule has 156 valence electrons. The summed E-state index contributed by atoms with van der Waals surface area (Å²) in [5.74, 6) is 2.41. The van der Waals surface area contributed by atoms with Gasteiger partial charge in [-0.3, -0.25) is 4.57 Å². The summed E-state index contributed by atoms with van der Waals surface area (Å²) in [4.78, 5) is 1.32. The third-order valence-corrected chi connectivity index (χ3v) is 6.63. The second-order valence-corrected chi connectivity index (χ2v) is 8.50. The Hall–Kier alpha value is -3.45. The van der Waals surface area contributed by atoms with Crippen LogP contribution in [0.2, 0.25) is 0 Å². The fourth-order valence-electron chi connectivity index (χ4n) is 3.74. The highest BCUT2D eigenvalue weighted by molar-refractivity contribution is 7.15. The molecule has 2 aromatic carbocycles. The van der Waals surface area contributed by atoms with Crippen LogP contribution in [0.15, 0.2) is 65.8 Å². The first kappa shape index (κ1) is 19.5. The molecule has 0 fully saturated rings. The molecule has 0 bridgehead atoms. The van der Waals surface area contributed by atoms with Crippen molar-refractivity contribution in [1.29, 1.82) is 0 Å². The summed E-state index contributed by atoms with van der Waals surface area (Å²) >= 11 is 1.78. The molecule has 1 aliphatic rings. The number of benzene rings is 2. The lowest BCUT2D eigenvalue weighted by molar-refractivity contribution is 0.414. The Bertz CT molecular complexity index is 1240. The van der Waals surface area contributed by atoms with E-state index in [1.807, 2.05) is 30.1 Å². The molecule has 7 heteroatoms. The summed E-state index contributed by atoms with van der Waals surface area (Å²) in [7, 11) is 1.68. The Labute approximate surface area is 185 Å². The van der Waals surface area contributed by atoms with E-state index in [1.165, 1.54) is 4.88 Å². The van der Waals surface area contributed by atoms with Crippen LogP contribution < -0.4 is 9.75 Å². The minimum Gasteiger partial charge on any atom is -0.497 e. The molecule has 3 heterocycles. The van der Waals surface area contributed by atoms with E-state index < -0.39 is 0 Å². The number of rotatable bonds is 5. The van der Waals surface area contributed by atoms with E-state index in [2.05, 4.69) is 64.2 Å². The number of hydrazone groups is 1. The highest BCUT2D eigenvalue weighted by Gasteiger charge is 2.28. The Morgan fingerprint density at radius 1 is 1.00 bits per heavy atom. The minimum atomic E-state index is 0.577. The molecule has 0 saturated heterocycles. The van der Waals surface area contributed by atoms with Gasteiger partial charge in [-0.05, 0) is 37.1 Å². The normalized spacial score (nSPS) is 12.7. The van der Waals surface area contributed by atoms with Crippen molar-refractivity contribution >= 4 is 23.0 Å². The summed E-state index contributed by atoms with van der Waals surface area (Å²) < 4.78 is 7.43. The number of hydrogen-bond donors (Lipinski definition) is 0. The monoisotopic (exact) mass is 429 g/mol. The van der Waals surface area contributed by atoms with Gasteiger partial charge >= 0.3 is 0 Å². The molecule has 0 amide bonds. The van der Waals surface area contributed by atoms with E-state index in [1.54, 1.807) is 18.4 Å². The molecule has 4 aromatic rings. The molecular weight excluding hydrogens is 406 g/mol. The summed E-state index contributed by atoms with van der Waals surface area (Å²) in [5, 5.41) is 17.1. The fraction of sp³-hybridized carbons (Fsp3) is 0.208. The Morgan fingerprint density at radius 3 is 2.48 bits per heavy atom. The van der Waals surface area contributed by atoms with Crippen LogP contribution in [0.3, 0.4) is 0 Å². The van der Waals surface area contributed by atoms with Crippen LogP contribution in [0.5, 0.6) is 5.75 Å². The standard InChI is InChI=1S/C24H23N5OS/c1-4-20-14-21-22(18-8-6-5-7-9-18)27-28(15-17-10-12-19(30-3)13-11-17)24-26-25-16(2)29(24)23(21)31-20/h5-14H,4,15H2,1-3H3. The van der Waals surface area contributed by atoms with Gasteiger partial charge in [-0.15, -0.1) is 21.5 Å². The van der Waals surface area contributed by atoms with Crippen molar-refractivity contribution in [2.75, 3.05) is 12.1 Å². The molecular formula is C24H23N5OS. The first-order valence-electron chi connectivity index (χ1n) is 10.3. The predicted octanol–water partition coefficient (Wildman–Crippen LogP) is 4.98. The Kier molecular flexibility index (Phi) is 5.03. The summed E-state index contributed by atoms with van der Waals surface area (Å²) in [6.07, 6.45) is 0.978. The van der Waals surface area contributed by atoms with Gasteiger partial charge in [0.2, 0.25) is 0 Å². The van der Waals surface area contributed by atoms with Gasteiger partial charge in [0.15, 0.2) is 0 Å². The number of aryl methyl sites for hydroxylation is 2. The van der Waals surface area contributed by atoms with Gasteiger partial charge in [-0.1, -0.05) is 49.4 Å². The molecule has 31 heavy (non-hydrogen) atoms. The number of nitrogens with zero attached hydrogens (tertiary/aromatic N) is 5. The van der Waals surface area contributed by atoms with Crippen LogP contribution >= 0.6 is 11.3 Å². The molecule has 0 unspecified atom stereocenters. The molecule has 2 aromatic heterocycles. The highest BCUT2D eigenvalue weighted by atomic mass is 32.1. The van der Waals surface area contributed by atoms with Crippen LogP contribution in [0.1, 0.15) is 34.3 Å². The van der Waals surface area contributed by atoms with Crippen LogP contribution in [0, 0.1) is 6.92 Å². The zero-order valence-electron chi connectivity index (χ0n) is 17.7. The molecule has 0 spiro atoms. The van der Waals surface area contributed by atoms with Crippen molar-refractivity contribution in [3.05, 3.63) is 88.1 Å². The summed E-state index contributed by atoms with van der Waals surface area (Å²) in [6.45, 7) is 4.75. The lowest BCUT2D eigenvalue weighted by atomic mass is 10.0. The average Bonchev–Trinajstić information content (AvgIpc) is 3.37. The van der Waals surface area contributed by atoms with Gasteiger partial charge in [0, 0.05) is 16.0 Å². The van der Waals surface area contributed by atoms with E-state index in [0.29, 0.717) is 6.54 Å². The number of aromatic nitrogens is 3. The molecule has 6 nitrogen and oxygen atoms in total. The fourth-order valence-corrected chi connectivity index (χ4v) is 4.88. The van der Waals surface area contributed by atoms with E-state index in [9.17, 15) is 0 Å². The molecule has 0 saturated carbocycles. The van der Waals surface area contributed by atoms with Gasteiger partial charge in [0.1, 0.15) is 22.3 Å². The molecule has 5 rings (SSSR count). The van der Waals surface area contributed by atoms with Crippen molar-refractivity contribution in [1.82, 2.24) is 14.8 Å². The average molecular weight is 430 g/mol. The van der Waals surface area contributed by atoms with Crippen LogP contribution in [0.25, 0.3) is 5.00 Å². The second-order valence-electron chi connectivity index (χ2n) is 7.39. The van der Waals surface area contributed by atoms with Crippen molar-refractivity contribution in [2.45, 2.75) is 26.8 Å². The second kappa shape index (κ2) is 8.00. The number of anilines is 1. The van der Waals surface area contributed by atoms with E-state index in [4.69, 9.17) is 9.84 Å². The molecule has 0 atom stereocenters. The molecule has 0 aliphatic carbocycles. The van der Waals surface area contributed by atoms with Crippen LogP contribution in [-0.2, 0) is 13.0 Å². The van der Waals surface area contributed by atoms with Gasteiger partial charge in [0.25, 0.3) is 5.95 Å². The van der Waals surface area contributed by atoms with Gasteiger partial charge < -0.3 is 4.74 Å². The number of thiophene rings is 1. The maximum atomic E-state index is 5.30. The van der Waals surface area contributed by atoms with Gasteiger partial charge in [-0.2, -0.15) is 5.10 Å². The molecule has 0 radical (unpaired) electrons. The van der Waals surface area contributed by atoms with Crippen LogP contribution in [0.4, 0.5) is 5.95 Å². The first-order chi connectivity index (χ1) is 15.2. The minimum absolute atomic E-state index is 0.577. The lowest BCUT2D eigenvalue weighted by Crippen LogP contribution is -2.20. The highest BCUT2D eigenvalue weighted by Crippen LogP contribution is 2.36. The van der Waals surface area contributed by atoms with Crippen molar-refractivity contribution in [3.63, 3.8) is 0 Å². The molecule has 1 aliphatic heterocycles. The zero-order chi connectivity index (χ0) is 21.4. The Morgan fingerprint density at radius 2 is 1.77 bits per heavy atom. The van der Waals surface area contributed by atoms with E-state index >= 15 is 0 Å². The van der Waals surface area contributed by atoms with Gasteiger partial charge in [0.05, 0.1) is 13.7 Å². The topological polar surface area (TPSA) is 55.5 Å². The lowest BCUT2D eigenvalue weighted by Gasteiger charge is -2.18. The number of methoxy groups -OCH3 is 1. The third-order valence-electron chi connectivity index (χ3n) is 5.37. The number of hydrogen-bond acceptors (Lipinski definition) is 6. The summed E-state index contributed by atoms with van der Waals surface area (Å²) in [6, 6.07) is 20.6. The maximum absolute atomic E-state index is 5.30. The largest absolute Gasteiger partial charge is 0.497 e. The first-order valence-corrected chi connectivity index (χ1v) is 11.1. The number of ether oxygens (including phenoxy) is 1. The smallest absolute Gasteiger partial charge is 0.253 e.